The molecule has 0 aliphatic carbocycles. The topological polar surface area (TPSA) is 51.2 Å². The van der Waals surface area contributed by atoms with Crippen molar-refractivity contribution < 1.29 is 9.63 Å². The molecule has 0 unspecified atom stereocenters. The maximum atomic E-state index is 12.0. The normalized spacial score (nSPS) is 10.5. The molecule has 104 valence electrons. The minimum atomic E-state index is -0.350. The van der Waals surface area contributed by atoms with Crippen LogP contribution in [0.15, 0.2) is 66.7 Å². The van der Waals surface area contributed by atoms with Gasteiger partial charge in [-0.05, 0) is 17.7 Å². The largest absolute Gasteiger partial charge is 0.293 e. The third-order valence-electron chi connectivity index (χ3n) is 3.08. The second-order valence-electron chi connectivity index (χ2n) is 4.59. The molecular formula is C17H14N2O2. The molecule has 1 heterocycles. The van der Waals surface area contributed by atoms with Crippen molar-refractivity contribution in [1.29, 1.82) is 0 Å². The van der Waals surface area contributed by atoms with Gasteiger partial charge in [-0.15, -0.1) is 0 Å². The third-order valence-corrected chi connectivity index (χ3v) is 3.08. The molecule has 0 aliphatic heterocycles. The summed E-state index contributed by atoms with van der Waals surface area (Å²) in [6.45, 7) is 0.320. The van der Waals surface area contributed by atoms with E-state index in [4.69, 9.17) is 4.84 Å². The van der Waals surface area contributed by atoms with E-state index in [9.17, 15) is 4.79 Å². The summed E-state index contributed by atoms with van der Waals surface area (Å²) in [6.07, 6.45) is 0. The van der Waals surface area contributed by atoms with Gasteiger partial charge in [-0.2, -0.15) is 0 Å². The van der Waals surface area contributed by atoms with E-state index >= 15 is 0 Å². The number of hydrogen-bond acceptors (Lipinski definition) is 3. The molecule has 0 radical (unpaired) electrons. The van der Waals surface area contributed by atoms with Crippen LogP contribution in [0.2, 0.25) is 0 Å². The lowest BCUT2D eigenvalue weighted by Gasteiger charge is -2.06. The molecule has 4 heteroatoms. The van der Waals surface area contributed by atoms with Gasteiger partial charge < -0.3 is 0 Å². The summed E-state index contributed by atoms with van der Waals surface area (Å²) >= 11 is 0. The van der Waals surface area contributed by atoms with Crippen LogP contribution in [0.5, 0.6) is 0 Å². The molecule has 1 N–H and O–H groups in total. The van der Waals surface area contributed by atoms with Gasteiger partial charge in [0, 0.05) is 5.39 Å². The third kappa shape index (κ3) is 3.24. The van der Waals surface area contributed by atoms with Gasteiger partial charge in [0.2, 0.25) is 0 Å². The standard InChI is InChI=1S/C17H14N2O2/c20-17(19-21-12-13-6-2-1-3-7-13)16-11-10-14-8-4-5-9-15(14)18-16/h1-11H,12H2,(H,19,20). The molecule has 0 saturated heterocycles. The summed E-state index contributed by atoms with van der Waals surface area (Å²) in [5.41, 5.74) is 4.52. The molecular weight excluding hydrogens is 264 g/mol. The molecule has 0 bridgehead atoms. The van der Waals surface area contributed by atoms with Crippen LogP contribution in [0, 0.1) is 0 Å². The smallest absolute Gasteiger partial charge is 0.269 e. The average molecular weight is 278 g/mol. The number of carbonyl (C=O) groups excluding carboxylic acids is 1. The monoisotopic (exact) mass is 278 g/mol. The maximum absolute atomic E-state index is 12.0. The number of fused-ring (bicyclic) bond motifs is 1. The number of para-hydroxylation sites is 1. The lowest BCUT2D eigenvalue weighted by molar-refractivity contribution is 0.0229. The van der Waals surface area contributed by atoms with Crippen LogP contribution in [0.1, 0.15) is 16.1 Å². The predicted molar refractivity (Wildman–Crippen MR) is 80.4 cm³/mol. The Hall–Kier alpha value is -2.72. The van der Waals surface area contributed by atoms with E-state index in [0.29, 0.717) is 12.3 Å². The van der Waals surface area contributed by atoms with Crippen molar-refractivity contribution in [3.05, 3.63) is 78.0 Å². The first kappa shape index (κ1) is 13.3. The Labute approximate surface area is 122 Å². The van der Waals surface area contributed by atoms with Crippen LogP contribution in [-0.2, 0) is 11.4 Å². The summed E-state index contributed by atoms with van der Waals surface area (Å²) in [5, 5.41) is 0.999. The van der Waals surface area contributed by atoms with E-state index in [0.717, 1.165) is 16.5 Å². The van der Waals surface area contributed by atoms with Gasteiger partial charge in [0.05, 0.1) is 12.1 Å². The van der Waals surface area contributed by atoms with Crippen LogP contribution in [-0.4, -0.2) is 10.9 Å². The van der Waals surface area contributed by atoms with Gasteiger partial charge >= 0.3 is 0 Å². The molecule has 0 fully saturated rings. The Morgan fingerprint density at radius 1 is 0.952 bits per heavy atom. The SMILES string of the molecule is O=C(NOCc1ccccc1)c1ccc2ccccc2n1. The van der Waals surface area contributed by atoms with Crippen molar-refractivity contribution in [2.24, 2.45) is 0 Å². The molecule has 4 nitrogen and oxygen atoms in total. The highest BCUT2D eigenvalue weighted by Crippen LogP contribution is 2.11. The number of benzene rings is 2. The number of nitrogens with zero attached hydrogens (tertiary/aromatic N) is 1. The van der Waals surface area contributed by atoms with Crippen molar-refractivity contribution >= 4 is 16.8 Å². The molecule has 0 spiro atoms. The number of carbonyl (C=O) groups is 1. The summed E-state index contributed by atoms with van der Waals surface area (Å²) in [6, 6.07) is 20.8. The summed E-state index contributed by atoms with van der Waals surface area (Å²) in [7, 11) is 0. The van der Waals surface area contributed by atoms with Crippen molar-refractivity contribution in [2.75, 3.05) is 0 Å². The van der Waals surface area contributed by atoms with Crippen molar-refractivity contribution in [1.82, 2.24) is 10.5 Å². The van der Waals surface area contributed by atoms with E-state index in [1.165, 1.54) is 0 Å². The van der Waals surface area contributed by atoms with Gasteiger partial charge in [-0.3, -0.25) is 9.63 Å². The first-order valence-electron chi connectivity index (χ1n) is 6.65. The Balaban J connectivity index is 1.64. The lowest BCUT2D eigenvalue weighted by atomic mass is 10.2. The van der Waals surface area contributed by atoms with Gasteiger partial charge in [0.1, 0.15) is 5.69 Å². The van der Waals surface area contributed by atoms with E-state index in [1.54, 1.807) is 6.07 Å². The molecule has 21 heavy (non-hydrogen) atoms. The van der Waals surface area contributed by atoms with Crippen molar-refractivity contribution in [3.8, 4) is 0 Å². The average Bonchev–Trinajstić information content (AvgIpc) is 2.55. The fourth-order valence-electron chi connectivity index (χ4n) is 2.00. The summed E-state index contributed by atoms with van der Waals surface area (Å²) < 4.78 is 0. The minimum Gasteiger partial charge on any atom is -0.269 e. The van der Waals surface area contributed by atoms with E-state index in [-0.39, 0.29) is 5.91 Å². The molecule has 1 amide bonds. The van der Waals surface area contributed by atoms with E-state index in [1.807, 2.05) is 60.7 Å². The highest BCUT2D eigenvalue weighted by Gasteiger charge is 2.07. The zero-order valence-electron chi connectivity index (χ0n) is 11.3. The van der Waals surface area contributed by atoms with E-state index < -0.39 is 0 Å². The van der Waals surface area contributed by atoms with E-state index in [2.05, 4.69) is 10.5 Å². The molecule has 0 aliphatic rings. The van der Waals surface area contributed by atoms with Crippen molar-refractivity contribution in [2.45, 2.75) is 6.61 Å². The van der Waals surface area contributed by atoms with Crippen LogP contribution in [0.4, 0.5) is 0 Å². The molecule has 3 rings (SSSR count). The molecule has 3 aromatic rings. The molecule has 2 aromatic carbocycles. The van der Waals surface area contributed by atoms with Crippen LogP contribution in [0.3, 0.4) is 0 Å². The number of amides is 1. The highest BCUT2D eigenvalue weighted by molar-refractivity contribution is 5.94. The highest BCUT2D eigenvalue weighted by atomic mass is 16.6. The fraction of sp³-hybridized carbons (Fsp3) is 0.0588. The number of hydrogen-bond donors (Lipinski definition) is 1. The molecule has 0 atom stereocenters. The Morgan fingerprint density at radius 2 is 1.71 bits per heavy atom. The van der Waals surface area contributed by atoms with Crippen LogP contribution < -0.4 is 5.48 Å². The Kier molecular flexibility index (Phi) is 3.89. The van der Waals surface area contributed by atoms with Gasteiger partial charge in [0.15, 0.2) is 0 Å². The fourth-order valence-corrected chi connectivity index (χ4v) is 2.00. The maximum Gasteiger partial charge on any atom is 0.293 e. The second kappa shape index (κ2) is 6.15. The van der Waals surface area contributed by atoms with Gasteiger partial charge in [-0.1, -0.05) is 54.6 Å². The predicted octanol–water partition coefficient (Wildman–Crippen LogP) is 3.10. The number of hydroxylamine groups is 1. The first-order valence-corrected chi connectivity index (χ1v) is 6.65. The Bertz CT molecular complexity index is 757. The quantitative estimate of drug-likeness (QED) is 0.746. The van der Waals surface area contributed by atoms with Crippen LogP contribution in [0.25, 0.3) is 10.9 Å². The number of aromatic nitrogens is 1. The number of rotatable bonds is 4. The number of pyridine rings is 1. The Morgan fingerprint density at radius 3 is 2.57 bits per heavy atom. The molecule has 1 aromatic heterocycles. The minimum absolute atomic E-state index is 0.320. The van der Waals surface area contributed by atoms with Gasteiger partial charge in [0.25, 0.3) is 5.91 Å². The zero-order chi connectivity index (χ0) is 14.5. The van der Waals surface area contributed by atoms with Gasteiger partial charge in [-0.25, -0.2) is 10.5 Å². The lowest BCUT2D eigenvalue weighted by Crippen LogP contribution is -2.24. The zero-order valence-corrected chi connectivity index (χ0v) is 11.3. The summed E-state index contributed by atoms with van der Waals surface area (Å²) in [5.74, 6) is -0.350. The second-order valence-corrected chi connectivity index (χ2v) is 4.59. The van der Waals surface area contributed by atoms with Crippen molar-refractivity contribution in [3.63, 3.8) is 0 Å². The number of nitrogens with one attached hydrogen (secondary N) is 1. The van der Waals surface area contributed by atoms with Crippen LogP contribution >= 0.6 is 0 Å². The summed E-state index contributed by atoms with van der Waals surface area (Å²) in [4.78, 5) is 21.5. The first-order chi connectivity index (χ1) is 10.3. The molecule has 0 saturated carbocycles.